The zero-order valence-electron chi connectivity index (χ0n) is 14.5. The Balaban J connectivity index is 0.00000243. The van der Waals surface area contributed by atoms with Gasteiger partial charge in [-0.15, -0.1) is 12.4 Å². The molecule has 0 aliphatic heterocycles. The van der Waals surface area contributed by atoms with Gasteiger partial charge < -0.3 is 15.6 Å². The Morgan fingerprint density at radius 1 is 1.35 bits per heavy atom. The Kier molecular flexibility index (Phi) is 6.92. The Morgan fingerprint density at radius 3 is 2.50 bits per heavy atom. The van der Waals surface area contributed by atoms with Crippen LogP contribution in [0.3, 0.4) is 0 Å². The molecule has 1 aromatic heterocycles. The average molecular weight is 512 g/mol. The van der Waals surface area contributed by atoms with Crippen LogP contribution in [-0.4, -0.2) is 26.6 Å². The van der Waals surface area contributed by atoms with E-state index in [1.165, 1.54) is 0 Å². The molecule has 1 heterocycles. The Hall–Kier alpha value is -0.900. The number of nitrogens with zero attached hydrogens (tertiary/aromatic N) is 3. The molecule has 3 N–H and O–H groups in total. The number of hydrogen-bond acceptors (Lipinski definition) is 5. The van der Waals surface area contributed by atoms with Gasteiger partial charge in [0.1, 0.15) is 4.47 Å². The minimum Gasteiger partial charge on any atom is -0.353 e. The van der Waals surface area contributed by atoms with Crippen molar-refractivity contribution >= 4 is 66.9 Å². The minimum atomic E-state index is -0.391. The highest BCUT2D eigenvalue weighted by atomic mass is 79.9. The molecule has 26 heavy (non-hydrogen) atoms. The van der Waals surface area contributed by atoms with Gasteiger partial charge in [-0.25, -0.2) is 4.98 Å². The molecule has 1 aliphatic rings. The molecule has 0 unspecified atom stereocenters. The zero-order valence-corrected chi connectivity index (χ0v) is 18.5. The van der Waals surface area contributed by atoms with Gasteiger partial charge in [0, 0.05) is 22.6 Å². The van der Waals surface area contributed by atoms with E-state index < -0.39 is 4.92 Å². The quantitative estimate of drug-likeness (QED) is 0.437. The number of halogens is 3. The number of nitro benzene ring substituents is 1. The minimum absolute atomic E-state index is 0. The van der Waals surface area contributed by atoms with Gasteiger partial charge in [0.05, 0.1) is 10.4 Å². The van der Waals surface area contributed by atoms with Crippen LogP contribution < -0.4 is 11.1 Å². The van der Waals surface area contributed by atoms with Gasteiger partial charge in [-0.3, -0.25) is 10.1 Å². The first-order valence-corrected chi connectivity index (χ1v) is 9.94. The monoisotopic (exact) mass is 509 g/mol. The maximum Gasteiger partial charge on any atom is 0.312 e. The molecule has 3 rings (SSSR count). The number of imidazole rings is 1. The summed E-state index contributed by atoms with van der Waals surface area (Å²) in [6.07, 6.45) is 3.93. The van der Waals surface area contributed by atoms with Gasteiger partial charge in [0.25, 0.3) is 0 Å². The fourth-order valence-electron chi connectivity index (χ4n) is 3.40. The number of nitro groups is 1. The summed E-state index contributed by atoms with van der Waals surface area (Å²) in [6, 6.07) is 2.56. The molecule has 0 spiro atoms. The average Bonchev–Trinajstić information content (AvgIpc) is 2.87. The lowest BCUT2D eigenvalue weighted by Gasteiger charge is -2.27. The standard InChI is InChI=1S/C16H21Br2N5O2.ClH/c1-8(2)22-12-7-11(17)13(18)15(23(24)25)14(12)21-16(22)20-10-5-3-9(19)4-6-10;/h7-10H,3-6,19H2,1-2H3,(H,20,21);1H. The van der Waals surface area contributed by atoms with Crippen LogP contribution in [0.2, 0.25) is 0 Å². The molecular weight excluding hydrogens is 489 g/mol. The van der Waals surface area contributed by atoms with Crippen LogP contribution in [0.1, 0.15) is 45.6 Å². The second-order valence-electron chi connectivity index (χ2n) is 6.80. The van der Waals surface area contributed by atoms with Gasteiger partial charge in [-0.2, -0.15) is 0 Å². The number of hydrogen-bond donors (Lipinski definition) is 2. The number of aromatic nitrogens is 2. The van der Waals surface area contributed by atoms with Crippen molar-refractivity contribution in [2.24, 2.45) is 5.73 Å². The molecule has 1 fully saturated rings. The number of anilines is 1. The second-order valence-corrected chi connectivity index (χ2v) is 8.45. The van der Waals surface area contributed by atoms with Crippen LogP contribution in [0, 0.1) is 10.1 Å². The summed E-state index contributed by atoms with van der Waals surface area (Å²) in [5.41, 5.74) is 7.10. The fourth-order valence-corrected chi connectivity index (χ4v) is 4.25. The van der Waals surface area contributed by atoms with Crippen LogP contribution >= 0.6 is 44.3 Å². The molecule has 0 saturated heterocycles. The molecule has 10 heteroatoms. The molecule has 0 atom stereocenters. The molecule has 2 aromatic rings. The normalized spacial score (nSPS) is 20.2. The van der Waals surface area contributed by atoms with E-state index in [2.05, 4.69) is 42.2 Å². The Bertz CT molecular complexity index is 819. The van der Waals surface area contributed by atoms with Gasteiger partial charge in [0.15, 0.2) is 5.52 Å². The fraction of sp³-hybridized carbons (Fsp3) is 0.562. The third-order valence-corrected chi connectivity index (χ3v) is 6.62. The van der Waals surface area contributed by atoms with E-state index in [0.717, 1.165) is 31.2 Å². The molecule has 1 aliphatic carbocycles. The predicted molar refractivity (Wildman–Crippen MR) is 113 cm³/mol. The summed E-state index contributed by atoms with van der Waals surface area (Å²) in [6.45, 7) is 4.09. The van der Waals surface area contributed by atoms with E-state index in [4.69, 9.17) is 5.73 Å². The Labute approximate surface area is 174 Å². The maximum atomic E-state index is 11.6. The summed E-state index contributed by atoms with van der Waals surface area (Å²) in [5.74, 6) is 0.679. The number of rotatable bonds is 4. The number of benzene rings is 1. The highest BCUT2D eigenvalue weighted by molar-refractivity contribution is 9.13. The first-order chi connectivity index (χ1) is 11.8. The van der Waals surface area contributed by atoms with Gasteiger partial charge >= 0.3 is 5.69 Å². The van der Waals surface area contributed by atoms with Gasteiger partial charge in [-0.05, 0) is 77.5 Å². The van der Waals surface area contributed by atoms with Crippen molar-refractivity contribution in [2.45, 2.75) is 57.7 Å². The van der Waals surface area contributed by atoms with Crippen molar-refractivity contribution in [3.05, 3.63) is 25.1 Å². The van der Waals surface area contributed by atoms with Crippen molar-refractivity contribution in [1.82, 2.24) is 9.55 Å². The number of nitrogens with one attached hydrogen (secondary N) is 1. The topological polar surface area (TPSA) is 99.0 Å². The molecule has 144 valence electrons. The predicted octanol–water partition coefficient (Wildman–Crippen LogP) is 5.15. The zero-order chi connectivity index (χ0) is 18.3. The van der Waals surface area contributed by atoms with Crippen molar-refractivity contribution in [3.63, 3.8) is 0 Å². The van der Waals surface area contributed by atoms with Gasteiger partial charge in [0.2, 0.25) is 5.95 Å². The van der Waals surface area contributed by atoms with E-state index in [1.807, 2.05) is 24.5 Å². The van der Waals surface area contributed by atoms with E-state index in [1.54, 1.807) is 0 Å². The molecule has 0 amide bonds. The molecule has 1 aromatic carbocycles. The summed E-state index contributed by atoms with van der Waals surface area (Å²) >= 11 is 6.71. The maximum absolute atomic E-state index is 11.6. The molecule has 7 nitrogen and oxygen atoms in total. The number of fused-ring (bicyclic) bond motifs is 1. The third kappa shape index (κ3) is 4.00. The van der Waals surface area contributed by atoms with E-state index >= 15 is 0 Å². The summed E-state index contributed by atoms with van der Waals surface area (Å²) in [7, 11) is 0. The summed E-state index contributed by atoms with van der Waals surface area (Å²) < 4.78 is 3.07. The van der Waals surface area contributed by atoms with Crippen molar-refractivity contribution in [3.8, 4) is 0 Å². The summed E-state index contributed by atoms with van der Waals surface area (Å²) in [4.78, 5) is 15.8. The van der Waals surface area contributed by atoms with Crippen LogP contribution in [0.4, 0.5) is 11.6 Å². The second kappa shape index (κ2) is 8.41. The SMILES string of the molecule is CC(C)n1c(NC2CCC(N)CC2)nc2c([N+](=O)[O-])c(Br)c(Br)cc21.Cl. The number of nitrogens with two attached hydrogens (primary N) is 1. The van der Waals surface area contributed by atoms with Crippen molar-refractivity contribution in [2.75, 3.05) is 5.32 Å². The summed E-state index contributed by atoms with van der Waals surface area (Å²) in [5, 5.41) is 15.1. The third-order valence-electron chi connectivity index (χ3n) is 4.66. The van der Waals surface area contributed by atoms with Crippen LogP contribution in [0.15, 0.2) is 15.0 Å². The lowest BCUT2D eigenvalue weighted by molar-refractivity contribution is -0.384. The van der Waals surface area contributed by atoms with E-state index in [9.17, 15) is 10.1 Å². The van der Waals surface area contributed by atoms with Crippen molar-refractivity contribution < 1.29 is 4.92 Å². The lowest BCUT2D eigenvalue weighted by atomic mass is 9.92. The van der Waals surface area contributed by atoms with E-state index in [0.29, 0.717) is 26.5 Å². The van der Waals surface area contributed by atoms with Gasteiger partial charge in [-0.1, -0.05) is 0 Å². The van der Waals surface area contributed by atoms with Crippen LogP contribution in [0.25, 0.3) is 11.0 Å². The Morgan fingerprint density at radius 2 is 1.96 bits per heavy atom. The lowest BCUT2D eigenvalue weighted by Crippen LogP contribution is -2.33. The highest BCUT2D eigenvalue weighted by Gasteiger charge is 2.28. The van der Waals surface area contributed by atoms with Crippen molar-refractivity contribution in [1.29, 1.82) is 0 Å². The molecular formula is C16H22Br2ClN5O2. The smallest absolute Gasteiger partial charge is 0.312 e. The first kappa shape index (κ1) is 21.4. The van der Waals surface area contributed by atoms with Crippen LogP contribution in [0.5, 0.6) is 0 Å². The largest absolute Gasteiger partial charge is 0.353 e. The molecule has 0 radical (unpaired) electrons. The van der Waals surface area contributed by atoms with Crippen LogP contribution in [-0.2, 0) is 0 Å². The molecule has 1 saturated carbocycles. The molecule has 0 bridgehead atoms. The van der Waals surface area contributed by atoms with E-state index in [-0.39, 0.29) is 30.2 Å². The highest BCUT2D eigenvalue weighted by Crippen LogP contribution is 2.41. The first-order valence-electron chi connectivity index (χ1n) is 8.36.